The highest BCUT2D eigenvalue weighted by Crippen LogP contribution is 2.34. The lowest BCUT2D eigenvalue weighted by molar-refractivity contribution is -0.147. The Kier molecular flexibility index (Phi) is 7.26. The minimum atomic E-state index is -4.90. The minimum absolute atomic E-state index is 0.153. The lowest BCUT2D eigenvalue weighted by Gasteiger charge is -2.28. The van der Waals surface area contributed by atoms with Gasteiger partial charge in [0.15, 0.2) is 0 Å². The maximum Gasteiger partial charge on any atom is 0.417 e. The summed E-state index contributed by atoms with van der Waals surface area (Å²) in [6.07, 6.45) is -4.90. The first kappa shape index (κ1) is 26.8. The van der Waals surface area contributed by atoms with E-state index in [1.165, 1.54) is 24.1 Å². The Morgan fingerprint density at radius 2 is 1.66 bits per heavy atom. The fraction of sp³-hybridized carbons (Fsp3) is 0.250. The lowest BCUT2D eigenvalue weighted by Crippen LogP contribution is -2.45. The number of nitrogens with one attached hydrogen (secondary N) is 1. The van der Waals surface area contributed by atoms with Crippen LogP contribution in [-0.4, -0.2) is 35.8 Å². The summed E-state index contributed by atoms with van der Waals surface area (Å²) in [6.45, 7) is 3.94. The molecule has 6 nitrogen and oxygen atoms in total. The van der Waals surface area contributed by atoms with Gasteiger partial charge >= 0.3 is 12.1 Å². The molecule has 1 aliphatic heterocycles. The highest BCUT2D eigenvalue weighted by Gasteiger charge is 2.39. The van der Waals surface area contributed by atoms with Gasteiger partial charge in [-0.2, -0.15) is 13.2 Å². The SMILES string of the molecule is COC(=O)[C@H](C(C)C)N1Cc2ccc(-c3ccc(NC(=O)c4c(F)cccc4C(F)(F)F)cc3)cc2C1=O. The number of ether oxygens (including phenoxy) is 1. The summed E-state index contributed by atoms with van der Waals surface area (Å²) in [5.74, 6) is -3.44. The predicted molar refractivity (Wildman–Crippen MR) is 132 cm³/mol. The van der Waals surface area contributed by atoms with Crippen LogP contribution in [0.1, 0.15) is 45.7 Å². The van der Waals surface area contributed by atoms with Crippen LogP contribution in [0.25, 0.3) is 11.1 Å². The van der Waals surface area contributed by atoms with Gasteiger partial charge in [0.1, 0.15) is 11.9 Å². The summed E-state index contributed by atoms with van der Waals surface area (Å²) < 4.78 is 58.8. The molecule has 0 saturated carbocycles. The van der Waals surface area contributed by atoms with Gasteiger partial charge < -0.3 is 15.0 Å². The van der Waals surface area contributed by atoms with Crippen LogP contribution in [0.5, 0.6) is 0 Å². The van der Waals surface area contributed by atoms with Crippen molar-refractivity contribution in [2.45, 2.75) is 32.6 Å². The number of halogens is 4. The van der Waals surface area contributed by atoms with E-state index in [4.69, 9.17) is 4.74 Å². The highest BCUT2D eigenvalue weighted by atomic mass is 19.4. The van der Waals surface area contributed by atoms with Gasteiger partial charge in [0.05, 0.1) is 18.2 Å². The molecule has 0 fully saturated rings. The van der Waals surface area contributed by atoms with E-state index in [-0.39, 0.29) is 24.1 Å². The average molecular weight is 529 g/mol. The van der Waals surface area contributed by atoms with E-state index in [9.17, 15) is 31.9 Å². The molecule has 0 spiro atoms. The molecule has 0 saturated heterocycles. The molecular weight excluding hydrogens is 504 g/mol. The van der Waals surface area contributed by atoms with Crippen molar-refractivity contribution in [3.63, 3.8) is 0 Å². The zero-order chi connectivity index (χ0) is 27.8. The molecule has 0 unspecified atom stereocenters. The number of fused-ring (bicyclic) bond motifs is 1. The maximum atomic E-state index is 14.1. The molecule has 1 heterocycles. The van der Waals surface area contributed by atoms with E-state index in [1.807, 2.05) is 13.8 Å². The highest BCUT2D eigenvalue weighted by molar-refractivity contribution is 6.06. The van der Waals surface area contributed by atoms with Crippen LogP contribution < -0.4 is 5.32 Å². The molecule has 0 aliphatic carbocycles. The molecule has 198 valence electrons. The van der Waals surface area contributed by atoms with Crippen LogP contribution in [0.2, 0.25) is 0 Å². The molecule has 10 heteroatoms. The third-order valence-electron chi connectivity index (χ3n) is 6.37. The smallest absolute Gasteiger partial charge is 0.417 e. The number of anilines is 1. The van der Waals surface area contributed by atoms with E-state index in [0.29, 0.717) is 22.8 Å². The van der Waals surface area contributed by atoms with Crippen LogP contribution in [-0.2, 0) is 22.3 Å². The lowest BCUT2D eigenvalue weighted by atomic mass is 10.00. The quantitative estimate of drug-likeness (QED) is 0.319. The van der Waals surface area contributed by atoms with Crippen molar-refractivity contribution in [2.24, 2.45) is 5.92 Å². The molecule has 3 aromatic carbocycles. The number of esters is 1. The van der Waals surface area contributed by atoms with Gasteiger partial charge in [-0.15, -0.1) is 0 Å². The fourth-order valence-electron chi connectivity index (χ4n) is 4.54. The van der Waals surface area contributed by atoms with Gasteiger partial charge in [-0.3, -0.25) is 9.59 Å². The van der Waals surface area contributed by atoms with E-state index >= 15 is 0 Å². The molecule has 0 bridgehead atoms. The number of hydrogen-bond donors (Lipinski definition) is 1. The Balaban J connectivity index is 1.55. The summed E-state index contributed by atoms with van der Waals surface area (Å²) in [4.78, 5) is 39.4. The number of hydrogen-bond acceptors (Lipinski definition) is 4. The van der Waals surface area contributed by atoms with Gasteiger partial charge in [0, 0.05) is 17.8 Å². The summed E-state index contributed by atoms with van der Waals surface area (Å²) >= 11 is 0. The summed E-state index contributed by atoms with van der Waals surface area (Å²) in [6, 6.07) is 13.1. The van der Waals surface area contributed by atoms with Crippen LogP contribution in [0.3, 0.4) is 0 Å². The van der Waals surface area contributed by atoms with Crippen LogP contribution in [0.15, 0.2) is 60.7 Å². The number of alkyl halides is 3. The zero-order valence-electron chi connectivity index (χ0n) is 20.7. The second-order valence-corrected chi connectivity index (χ2v) is 9.21. The van der Waals surface area contributed by atoms with Crippen molar-refractivity contribution in [1.29, 1.82) is 0 Å². The monoisotopic (exact) mass is 528 g/mol. The van der Waals surface area contributed by atoms with Crippen molar-refractivity contribution in [1.82, 2.24) is 4.90 Å². The Hall–Kier alpha value is -4.21. The number of nitrogens with zero attached hydrogens (tertiary/aromatic N) is 1. The van der Waals surface area contributed by atoms with Crippen molar-refractivity contribution in [3.05, 3.63) is 88.7 Å². The number of methoxy groups -OCH3 is 1. The van der Waals surface area contributed by atoms with Crippen LogP contribution in [0, 0.1) is 11.7 Å². The average Bonchev–Trinajstić information content (AvgIpc) is 3.18. The standard InChI is InChI=1S/C28H24F4N2O4/c1-15(2)24(27(37)38-3)34-14-18-8-7-17(13-20(18)26(34)36)16-9-11-19(12-10-16)33-25(35)23-21(28(30,31)32)5-4-6-22(23)29/h4-13,15,24H,14H2,1-3H3,(H,33,35)/t24-/m0/s1. The molecule has 0 aromatic heterocycles. The number of benzene rings is 3. The third-order valence-corrected chi connectivity index (χ3v) is 6.37. The zero-order valence-corrected chi connectivity index (χ0v) is 20.7. The van der Waals surface area contributed by atoms with E-state index in [1.54, 1.807) is 30.3 Å². The first-order valence-corrected chi connectivity index (χ1v) is 11.7. The number of rotatable bonds is 6. The van der Waals surface area contributed by atoms with E-state index in [2.05, 4.69) is 5.32 Å². The van der Waals surface area contributed by atoms with Gasteiger partial charge in [-0.1, -0.05) is 44.2 Å². The second-order valence-electron chi connectivity index (χ2n) is 9.21. The Labute approximate surface area is 216 Å². The van der Waals surface area contributed by atoms with Crippen LogP contribution >= 0.6 is 0 Å². The van der Waals surface area contributed by atoms with Gasteiger partial charge in [-0.25, -0.2) is 9.18 Å². The van der Waals surface area contributed by atoms with Gasteiger partial charge in [0.25, 0.3) is 11.8 Å². The molecule has 1 N–H and O–H groups in total. The summed E-state index contributed by atoms with van der Waals surface area (Å²) in [7, 11) is 1.28. The second kappa shape index (κ2) is 10.3. The summed E-state index contributed by atoms with van der Waals surface area (Å²) in [5.41, 5.74) is 0.289. The predicted octanol–water partition coefficient (Wildman–Crippen LogP) is 5.92. The first-order chi connectivity index (χ1) is 17.9. The Morgan fingerprint density at radius 1 is 1.00 bits per heavy atom. The molecule has 4 rings (SSSR count). The van der Waals surface area contributed by atoms with Crippen molar-refractivity contribution in [2.75, 3.05) is 12.4 Å². The molecule has 0 radical (unpaired) electrons. The summed E-state index contributed by atoms with van der Waals surface area (Å²) in [5, 5.41) is 2.30. The van der Waals surface area contributed by atoms with E-state index < -0.39 is 41.0 Å². The molecule has 3 aromatic rings. The largest absolute Gasteiger partial charge is 0.467 e. The van der Waals surface area contributed by atoms with Crippen molar-refractivity contribution < 1.29 is 36.7 Å². The fourth-order valence-corrected chi connectivity index (χ4v) is 4.54. The normalized spacial score (nSPS) is 13.9. The van der Waals surface area contributed by atoms with Gasteiger partial charge in [0.2, 0.25) is 0 Å². The topological polar surface area (TPSA) is 75.7 Å². The first-order valence-electron chi connectivity index (χ1n) is 11.7. The number of carbonyl (C=O) groups is 3. The molecular formula is C28H24F4N2O4. The maximum absolute atomic E-state index is 14.1. The Morgan fingerprint density at radius 3 is 2.26 bits per heavy atom. The Bertz CT molecular complexity index is 1400. The molecule has 1 aliphatic rings. The van der Waals surface area contributed by atoms with Gasteiger partial charge in [-0.05, 0) is 52.9 Å². The molecule has 38 heavy (non-hydrogen) atoms. The van der Waals surface area contributed by atoms with E-state index in [0.717, 1.165) is 17.7 Å². The number of carbonyl (C=O) groups excluding carboxylic acids is 3. The van der Waals surface area contributed by atoms with Crippen LogP contribution in [0.4, 0.5) is 23.2 Å². The third kappa shape index (κ3) is 5.11. The van der Waals surface area contributed by atoms with Crippen molar-refractivity contribution in [3.8, 4) is 11.1 Å². The minimum Gasteiger partial charge on any atom is -0.467 e. The molecule has 1 atom stereocenters. The number of amides is 2. The van der Waals surface area contributed by atoms with Crippen molar-refractivity contribution >= 4 is 23.5 Å². The molecule has 2 amide bonds.